The quantitative estimate of drug-likeness (QED) is 0.838. The molecule has 2 heterocycles. The molecule has 7 heteroatoms. The molecule has 1 amide bonds. The van der Waals surface area contributed by atoms with Gasteiger partial charge in [-0.05, 0) is 57.2 Å². The number of amides is 1. The van der Waals surface area contributed by atoms with Gasteiger partial charge < -0.3 is 14.6 Å². The van der Waals surface area contributed by atoms with Crippen LogP contribution in [0.15, 0.2) is 29.1 Å². The SMILES string of the molecule is CCc1cc2ccc(C(C)(C#N)N3CCN(C(=O)OC(C)(C)C)CC3)cc2[nH]c1=O. The van der Waals surface area contributed by atoms with E-state index in [4.69, 9.17) is 4.74 Å². The molecule has 1 aliphatic heterocycles. The number of hydrogen-bond acceptors (Lipinski definition) is 5. The minimum Gasteiger partial charge on any atom is -0.444 e. The van der Waals surface area contributed by atoms with Crippen molar-refractivity contribution in [2.75, 3.05) is 26.2 Å². The van der Waals surface area contributed by atoms with Gasteiger partial charge in [-0.2, -0.15) is 5.26 Å². The van der Waals surface area contributed by atoms with Gasteiger partial charge in [-0.1, -0.05) is 19.1 Å². The van der Waals surface area contributed by atoms with Crippen LogP contribution in [0.1, 0.15) is 45.7 Å². The van der Waals surface area contributed by atoms with Crippen molar-refractivity contribution in [3.8, 4) is 6.07 Å². The number of benzene rings is 1. The van der Waals surface area contributed by atoms with E-state index < -0.39 is 11.1 Å². The van der Waals surface area contributed by atoms with Gasteiger partial charge in [-0.25, -0.2) is 4.79 Å². The molecular formula is C23H30N4O3. The fourth-order valence-corrected chi connectivity index (χ4v) is 3.79. The van der Waals surface area contributed by atoms with Crippen molar-refractivity contribution in [1.29, 1.82) is 5.26 Å². The zero-order chi connectivity index (χ0) is 22.1. The second-order valence-corrected chi connectivity index (χ2v) is 8.92. The van der Waals surface area contributed by atoms with Gasteiger partial charge in [0.25, 0.3) is 5.56 Å². The van der Waals surface area contributed by atoms with E-state index in [0.717, 1.165) is 22.0 Å². The third-order valence-electron chi connectivity index (χ3n) is 5.65. The molecule has 1 aliphatic rings. The molecule has 1 atom stereocenters. The molecule has 0 radical (unpaired) electrons. The van der Waals surface area contributed by atoms with E-state index in [1.54, 1.807) is 4.90 Å². The zero-order valence-electron chi connectivity index (χ0n) is 18.4. The van der Waals surface area contributed by atoms with Gasteiger partial charge in [0.1, 0.15) is 11.1 Å². The molecular weight excluding hydrogens is 380 g/mol. The first-order valence-electron chi connectivity index (χ1n) is 10.4. The predicted octanol–water partition coefficient (Wildman–Crippen LogP) is 3.38. The lowest BCUT2D eigenvalue weighted by Crippen LogP contribution is -2.55. The van der Waals surface area contributed by atoms with E-state index in [9.17, 15) is 14.9 Å². The topological polar surface area (TPSA) is 89.4 Å². The van der Waals surface area contributed by atoms with E-state index in [1.165, 1.54) is 0 Å². The first kappa shape index (κ1) is 21.8. The minimum absolute atomic E-state index is 0.0909. The summed E-state index contributed by atoms with van der Waals surface area (Å²) in [5.41, 5.74) is 0.804. The Balaban J connectivity index is 1.82. The summed E-state index contributed by atoms with van der Waals surface area (Å²) in [7, 11) is 0. The maximum Gasteiger partial charge on any atom is 0.410 e. The molecule has 30 heavy (non-hydrogen) atoms. The Morgan fingerprint density at radius 2 is 1.83 bits per heavy atom. The summed E-state index contributed by atoms with van der Waals surface area (Å²) in [6, 6.07) is 10.1. The third-order valence-corrected chi connectivity index (χ3v) is 5.65. The highest BCUT2D eigenvalue weighted by Gasteiger charge is 2.37. The van der Waals surface area contributed by atoms with Crippen LogP contribution < -0.4 is 5.56 Å². The average molecular weight is 411 g/mol. The number of nitrogens with zero attached hydrogens (tertiary/aromatic N) is 3. The lowest BCUT2D eigenvalue weighted by Gasteiger charge is -2.42. The van der Waals surface area contributed by atoms with Gasteiger partial charge in [-0.3, -0.25) is 9.69 Å². The van der Waals surface area contributed by atoms with Gasteiger partial charge in [0.15, 0.2) is 0 Å². The highest BCUT2D eigenvalue weighted by molar-refractivity contribution is 5.80. The summed E-state index contributed by atoms with van der Waals surface area (Å²) in [6.07, 6.45) is 0.348. The zero-order valence-corrected chi connectivity index (χ0v) is 18.4. The summed E-state index contributed by atoms with van der Waals surface area (Å²) < 4.78 is 5.46. The summed E-state index contributed by atoms with van der Waals surface area (Å²) in [4.78, 5) is 31.2. The smallest absolute Gasteiger partial charge is 0.410 e. The van der Waals surface area contributed by atoms with Crippen molar-refractivity contribution in [2.24, 2.45) is 0 Å². The second-order valence-electron chi connectivity index (χ2n) is 8.92. The Bertz CT molecular complexity index is 1040. The molecule has 1 saturated heterocycles. The van der Waals surface area contributed by atoms with Crippen molar-refractivity contribution in [3.05, 3.63) is 45.7 Å². The molecule has 1 aromatic heterocycles. The fourth-order valence-electron chi connectivity index (χ4n) is 3.79. The number of aromatic nitrogens is 1. The van der Waals surface area contributed by atoms with Crippen molar-refractivity contribution < 1.29 is 9.53 Å². The highest BCUT2D eigenvalue weighted by Crippen LogP contribution is 2.31. The van der Waals surface area contributed by atoms with E-state index in [-0.39, 0.29) is 11.7 Å². The Morgan fingerprint density at radius 3 is 2.40 bits per heavy atom. The number of rotatable bonds is 3. The molecule has 1 unspecified atom stereocenters. The van der Waals surface area contributed by atoms with Gasteiger partial charge in [0, 0.05) is 37.3 Å². The van der Waals surface area contributed by atoms with E-state index in [2.05, 4.69) is 16.0 Å². The van der Waals surface area contributed by atoms with Crippen LogP contribution in [0, 0.1) is 11.3 Å². The summed E-state index contributed by atoms with van der Waals surface area (Å²) in [5, 5.41) is 11.0. The molecule has 2 aromatic rings. The van der Waals surface area contributed by atoms with Crippen LogP contribution in [0.25, 0.3) is 10.9 Å². The number of aromatic amines is 1. The van der Waals surface area contributed by atoms with Gasteiger partial charge >= 0.3 is 6.09 Å². The standard InChI is InChI=1S/C23H30N4O3/c1-6-16-13-17-7-8-18(14-19(17)25-20(16)28)23(5,15-24)27-11-9-26(10-12-27)21(29)30-22(2,3)4/h7-8,13-14H,6,9-12H2,1-5H3,(H,25,28). The summed E-state index contributed by atoms with van der Waals surface area (Å²) in [6.45, 7) is 11.5. The van der Waals surface area contributed by atoms with Crippen LogP contribution >= 0.6 is 0 Å². The molecule has 3 rings (SSSR count). The number of carbonyl (C=O) groups excluding carboxylic acids is 1. The van der Waals surface area contributed by atoms with Crippen molar-refractivity contribution in [3.63, 3.8) is 0 Å². The third kappa shape index (κ3) is 4.34. The summed E-state index contributed by atoms with van der Waals surface area (Å²) >= 11 is 0. The molecule has 0 bridgehead atoms. The molecule has 7 nitrogen and oxygen atoms in total. The largest absolute Gasteiger partial charge is 0.444 e. The minimum atomic E-state index is -0.867. The number of piperazine rings is 1. The Kier molecular flexibility index (Phi) is 5.91. The number of ether oxygens (including phenoxy) is 1. The molecule has 1 aromatic carbocycles. The van der Waals surface area contributed by atoms with Crippen LogP contribution in [-0.4, -0.2) is 52.7 Å². The van der Waals surface area contributed by atoms with Crippen LogP contribution in [0.4, 0.5) is 4.79 Å². The molecule has 160 valence electrons. The van der Waals surface area contributed by atoms with Crippen molar-refractivity contribution in [1.82, 2.24) is 14.8 Å². The number of nitrogens with one attached hydrogen (secondary N) is 1. The Hall–Kier alpha value is -2.85. The Morgan fingerprint density at radius 1 is 1.17 bits per heavy atom. The first-order chi connectivity index (χ1) is 14.1. The number of carbonyl (C=O) groups is 1. The number of hydrogen-bond donors (Lipinski definition) is 1. The van der Waals surface area contributed by atoms with Crippen LogP contribution in [0.3, 0.4) is 0 Å². The lowest BCUT2D eigenvalue weighted by molar-refractivity contribution is 0.00582. The van der Waals surface area contributed by atoms with Crippen LogP contribution in [0.2, 0.25) is 0 Å². The first-order valence-corrected chi connectivity index (χ1v) is 10.4. The number of H-pyrrole nitrogens is 1. The maximum atomic E-state index is 12.3. The summed E-state index contributed by atoms with van der Waals surface area (Å²) in [5.74, 6) is 0. The van der Waals surface area contributed by atoms with Crippen LogP contribution in [-0.2, 0) is 16.7 Å². The van der Waals surface area contributed by atoms with E-state index in [0.29, 0.717) is 32.6 Å². The number of fused-ring (bicyclic) bond motifs is 1. The molecule has 0 saturated carbocycles. The van der Waals surface area contributed by atoms with E-state index in [1.807, 2.05) is 58.9 Å². The van der Waals surface area contributed by atoms with E-state index >= 15 is 0 Å². The molecule has 0 spiro atoms. The van der Waals surface area contributed by atoms with Crippen molar-refractivity contribution >= 4 is 17.0 Å². The van der Waals surface area contributed by atoms with Crippen LogP contribution in [0.5, 0.6) is 0 Å². The monoisotopic (exact) mass is 410 g/mol. The van der Waals surface area contributed by atoms with Gasteiger partial charge in [0.2, 0.25) is 0 Å². The predicted molar refractivity (Wildman–Crippen MR) is 116 cm³/mol. The normalized spacial score (nSPS) is 17.4. The van der Waals surface area contributed by atoms with Gasteiger partial charge in [0.05, 0.1) is 6.07 Å². The van der Waals surface area contributed by atoms with Crippen molar-refractivity contribution in [2.45, 2.75) is 52.2 Å². The highest BCUT2D eigenvalue weighted by atomic mass is 16.6. The average Bonchev–Trinajstić information content (AvgIpc) is 2.71. The lowest BCUT2D eigenvalue weighted by atomic mass is 9.90. The maximum absolute atomic E-state index is 12.3. The number of aryl methyl sites for hydroxylation is 1. The number of nitriles is 1. The molecule has 1 N–H and O–H groups in total. The fraction of sp³-hybridized carbons (Fsp3) is 0.522. The Labute approximate surface area is 177 Å². The molecule has 1 fully saturated rings. The second kappa shape index (κ2) is 8.11. The molecule has 0 aliphatic carbocycles. The number of pyridine rings is 1. The van der Waals surface area contributed by atoms with Gasteiger partial charge in [-0.15, -0.1) is 0 Å².